The predicted molar refractivity (Wildman–Crippen MR) is 42.2 cm³/mol. The molecule has 0 aromatic heterocycles. The summed E-state index contributed by atoms with van der Waals surface area (Å²) in [4.78, 5) is 10.6. The number of rotatable bonds is 5. The van der Waals surface area contributed by atoms with Gasteiger partial charge in [0.15, 0.2) is 0 Å². The van der Waals surface area contributed by atoms with E-state index in [2.05, 4.69) is 13.2 Å². The van der Waals surface area contributed by atoms with E-state index >= 15 is 0 Å². The van der Waals surface area contributed by atoms with E-state index < -0.39 is 5.97 Å². The molecule has 0 spiro atoms. The van der Waals surface area contributed by atoms with Crippen LogP contribution in [0.15, 0.2) is 25.3 Å². The molecular weight excluding hydrogens is 144 g/mol. The molecule has 0 aromatic carbocycles. The van der Waals surface area contributed by atoms with Gasteiger partial charge in [-0.1, -0.05) is 13.2 Å². The smallest absolute Gasteiger partial charge is 0.330 e. The molecule has 1 unspecified atom stereocenters. The summed E-state index contributed by atoms with van der Waals surface area (Å²) < 4.78 is 9.55. The van der Waals surface area contributed by atoms with Crippen LogP contribution in [0.2, 0.25) is 0 Å². The summed E-state index contributed by atoms with van der Waals surface area (Å²) in [6, 6.07) is 0. The Hall–Kier alpha value is -1.09. The van der Waals surface area contributed by atoms with Crippen LogP contribution in [0.3, 0.4) is 0 Å². The fourth-order valence-corrected chi connectivity index (χ4v) is 0.512. The first-order valence-corrected chi connectivity index (χ1v) is 3.19. The standard InChI is InChI=1S/C8H12O3/c1-4-7(6-10-3)11-8(9)5-2/h4-5,7H,1-2,6H2,3H3. The molecule has 0 heterocycles. The van der Waals surface area contributed by atoms with E-state index in [1.165, 1.54) is 13.2 Å². The van der Waals surface area contributed by atoms with Crippen molar-refractivity contribution in [2.45, 2.75) is 6.10 Å². The van der Waals surface area contributed by atoms with Crippen LogP contribution in [0, 0.1) is 0 Å². The second kappa shape index (κ2) is 5.68. The Balaban J connectivity index is 3.76. The molecule has 1 atom stereocenters. The lowest BCUT2D eigenvalue weighted by molar-refractivity contribution is -0.142. The van der Waals surface area contributed by atoms with Gasteiger partial charge in [0.1, 0.15) is 6.10 Å². The van der Waals surface area contributed by atoms with Gasteiger partial charge < -0.3 is 9.47 Å². The van der Waals surface area contributed by atoms with Crippen molar-refractivity contribution in [2.75, 3.05) is 13.7 Å². The third-order valence-corrected chi connectivity index (χ3v) is 1.03. The highest BCUT2D eigenvalue weighted by Crippen LogP contribution is 1.94. The van der Waals surface area contributed by atoms with Gasteiger partial charge in [0.25, 0.3) is 0 Å². The van der Waals surface area contributed by atoms with Crippen molar-refractivity contribution in [3.05, 3.63) is 25.3 Å². The summed E-state index contributed by atoms with van der Waals surface area (Å²) in [6.45, 7) is 7.06. The Labute approximate surface area is 66.3 Å². The minimum atomic E-state index is -0.466. The fraction of sp³-hybridized carbons (Fsp3) is 0.375. The first-order valence-electron chi connectivity index (χ1n) is 3.19. The topological polar surface area (TPSA) is 35.5 Å². The molecule has 0 fully saturated rings. The normalized spacial score (nSPS) is 11.7. The lowest BCUT2D eigenvalue weighted by Gasteiger charge is -2.10. The van der Waals surface area contributed by atoms with Crippen LogP contribution in [-0.4, -0.2) is 25.8 Å². The average molecular weight is 156 g/mol. The summed E-state index contributed by atoms with van der Waals surface area (Å²) >= 11 is 0. The summed E-state index contributed by atoms with van der Waals surface area (Å²) in [7, 11) is 1.53. The molecule has 0 saturated heterocycles. The van der Waals surface area contributed by atoms with E-state index in [-0.39, 0.29) is 6.10 Å². The van der Waals surface area contributed by atoms with Crippen LogP contribution in [0.5, 0.6) is 0 Å². The van der Waals surface area contributed by atoms with Gasteiger partial charge in [-0.2, -0.15) is 0 Å². The van der Waals surface area contributed by atoms with E-state index in [4.69, 9.17) is 9.47 Å². The predicted octanol–water partition coefficient (Wildman–Crippen LogP) is 0.917. The zero-order valence-electron chi connectivity index (χ0n) is 6.58. The number of hydrogen-bond acceptors (Lipinski definition) is 3. The zero-order chi connectivity index (χ0) is 8.69. The van der Waals surface area contributed by atoms with Gasteiger partial charge in [0.05, 0.1) is 6.61 Å². The van der Waals surface area contributed by atoms with E-state index in [0.29, 0.717) is 6.61 Å². The van der Waals surface area contributed by atoms with Gasteiger partial charge in [-0.15, -0.1) is 0 Å². The molecule has 0 aliphatic rings. The van der Waals surface area contributed by atoms with Gasteiger partial charge in [-0.25, -0.2) is 4.79 Å². The summed E-state index contributed by atoms with van der Waals surface area (Å²) in [5.74, 6) is -0.466. The monoisotopic (exact) mass is 156 g/mol. The van der Waals surface area contributed by atoms with Crippen LogP contribution < -0.4 is 0 Å². The zero-order valence-corrected chi connectivity index (χ0v) is 6.58. The van der Waals surface area contributed by atoms with Gasteiger partial charge >= 0.3 is 5.97 Å². The molecule has 0 bridgehead atoms. The number of carbonyl (C=O) groups is 1. The van der Waals surface area contributed by atoms with Gasteiger partial charge in [-0.3, -0.25) is 0 Å². The maximum atomic E-state index is 10.6. The van der Waals surface area contributed by atoms with E-state index in [1.54, 1.807) is 0 Å². The fourth-order valence-electron chi connectivity index (χ4n) is 0.512. The molecule has 3 nitrogen and oxygen atoms in total. The van der Waals surface area contributed by atoms with Crippen molar-refractivity contribution >= 4 is 5.97 Å². The maximum absolute atomic E-state index is 10.6. The largest absolute Gasteiger partial charge is 0.453 e. The minimum absolute atomic E-state index is 0.322. The van der Waals surface area contributed by atoms with Crippen LogP contribution in [0.1, 0.15) is 0 Å². The maximum Gasteiger partial charge on any atom is 0.330 e. The quantitative estimate of drug-likeness (QED) is 0.337. The molecule has 0 rings (SSSR count). The Morgan fingerprint density at radius 1 is 1.64 bits per heavy atom. The molecule has 0 saturated carbocycles. The van der Waals surface area contributed by atoms with Crippen LogP contribution in [0.4, 0.5) is 0 Å². The molecule has 0 aliphatic heterocycles. The Morgan fingerprint density at radius 3 is 2.64 bits per heavy atom. The average Bonchev–Trinajstić information content (AvgIpc) is 2.03. The van der Waals surface area contributed by atoms with E-state index in [9.17, 15) is 4.79 Å². The van der Waals surface area contributed by atoms with Crippen molar-refractivity contribution in [3.8, 4) is 0 Å². The van der Waals surface area contributed by atoms with Crippen molar-refractivity contribution in [1.29, 1.82) is 0 Å². The first kappa shape index (κ1) is 9.91. The second-order valence-corrected chi connectivity index (χ2v) is 1.87. The van der Waals surface area contributed by atoms with Gasteiger partial charge in [-0.05, 0) is 6.08 Å². The summed E-state index contributed by atoms with van der Waals surface area (Å²) in [5.41, 5.74) is 0. The van der Waals surface area contributed by atoms with Crippen molar-refractivity contribution in [1.82, 2.24) is 0 Å². The molecule has 0 aliphatic carbocycles. The second-order valence-electron chi connectivity index (χ2n) is 1.87. The summed E-state index contributed by atoms with van der Waals surface area (Å²) in [6.07, 6.45) is 2.22. The van der Waals surface area contributed by atoms with Gasteiger partial charge in [0, 0.05) is 13.2 Å². The van der Waals surface area contributed by atoms with Crippen LogP contribution >= 0.6 is 0 Å². The highest BCUT2D eigenvalue weighted by Gasteiger charge is 2.06. The first-order chi connectivity index (χ1) is 5.24. The number of esters is 1. The van der Waals surface area contributed by atoms with Crippen LogP contribution in [-0.2, 0) is 14.3 Å². The third kappa shape index (κ3) is 4.33. The molecule has 3 heteroatoms. The third-order valence-electron chi connectivity index (χ3n) is 1.03. The molecule has 11 heavy (non-hydrogen) atoms. The van der Waals surface area contributed by atoms with Crippen LogP contribution in [0.25, 0.3) is 0 Å². The van der Waals surface area contributed by atoms with Crippen molar-refractivity contribution < 1.29 is 14.3 Å². The Bertz CT molecular complexity index is 151. The molecule has 0 amide bonds. The SMILES string of the molecule is C=CC(=O)OC(C=C)COC. The van der Waals surface area contributed by atoms with Crippen molar-refractivity contribution in [3.63, 3.8) is 0 Å². The number of methoxy groups -OCH3 is 1. The lowest BCUT2D eigenvalue weighted by Crippen LogP contribution is -2.19. The molecular formula is C8H12O3. The Morgan fingerprint density at radius 2 is 2.27 bits per heavy atom. The lowest BCUT2D eigenvalue weighted by atomic mass is 10.4. The van der Waals surface area contributed by atoms with Gasteiger partial charge in [0.2, 0.25) is 0 Å². The number of carbonyl (C=O) groups excluding carboxylic acids is 1. The molecule has 0 N–H and O–H groups in total. The Kier molecular flexibility index (Phi) is 5.11. The highest BCUT2D eigenvalue weighted by atomic mass is 16.6. The molecule has 62 valence electrons. The molecule has 0 aromatic rings. The van der Waals surface area contributed by atoms with Crippen molar-refractivity contribution in [2.24, 2.45) is 0 Å². The number of hydrogen-bond donors (Lipinski definition) is 0. The highest BCUT2D eigenvalue weighted by molar-refractivity contribution is 5.81. The number of ether oxygens (including phenoxy) is 2. The minimum Gasteiger partial charge on any atom is -0.453 e. The van der Waals surface area contributed by atoms with E-state index in [0.717, 1.165) is 6.08 Å². The van der Waals surface area contributed by atoms with E-state index in [1.807, 2.05) is 0 Å². The molecule has 0 radical (unpaired) electrons. The summed E-state index contributed by atoms with van der Waals surface area (Å²) in [5, 5.41) is 0.